The number of hydrogen-bond acceptors (Lipinski definition) is 5. The maximum atomic E-state index is 12.3. The summed E-state index contributed by atoms with van der Waals surface area (Å²) in [6.45, 7) is 1.64. The number of halogens is 1. The molecule has 6 nitrogen and oxygen atoms in total. The van der Waals surface area contributed by atoms with E-state index in [0.717, 1.165) is 45.6 Å². The van der Waals surface area contributed by atoms with Gasteiger partial charge >= 0.3 is 5.69 Å². The Kier molecular flexibility index (Phi) is 4.13. The first-order chi connectivity index (χ1) is 12.1. The van der Waals surface area contributed by atoms with E-state index in [9.17, 15) is 10.1 Å². The van der Waals surface area contributed by atoms with E-state index in [-0.39, 0.29) is 11.7 Å². The Balaban J connectivity index is 1.73. The Morgan fingerprint density at radius 3 is 3.00 bits per heavy atom. The SMILES string of the molecule is Cn1ccn([C@@H]2CCCN(c3ncc(C#N)c4sc(Br)cc34)C2)c1=O. The van der Waals surface area contributed by atoms with E-state index in [1.54, 1.807) is 35.3 Å². The number of pyridine rings is 1. The summed E-state index contributed by atoms with van der Waals surface area (Å²) in [6, 6.07) is 4.38. The van der Waals surface area contributed by atoms with Crippen LogP contribution in [0, 0.1) is 11.3 Å². The minimum Gasteiger partial charge on any atom is -0.354 e. The number of rotatable bonds is 2. The summed E-state index contributed by atoms with van der Waals surface area (Å²) in [4.78, 5) is 19.1. The van der Waals surface area contributed by atoms with Crippen LogP contribution in [0.5, 0.6) is 0 Å². The summed E-state index contributed by atoms with van der Waals surface area (Å²) >= 11 is 5.08. The lowest BCUT2D eigenvalue weighted by Crippen LogP contribution is -2.40. The molecule has 0 aromatic carbocycles. The van der Waals surface area contributed by atoms with E-state index in [0.29, 0.717) is 5.56 Å². The molecule has 0 radical (unpaired) electrons. The predicted molar refractivity (Wildman–Crippen MR) is 102 cm³/mol. The highest BCUT2D eigenvalue weighted by Crippen LogP contribution is 2.38. The van der Waals surface area contributed by atoms with Crippen molar-refractivity contribution < 1.29 is 0 Å². The van der Waals surface area contributed by atoms with Crippen molar-refractivity contribution in [2.45, 2.75) is 18.9 Å². The Morgan fingerprint density at radius 1 is 1.44 bits per heavy atom. The molecule has 0 bridgehead atoms. The van der Waals surface area contributed by atoms with Gasteiger partial charge in [0, 0.05) is 44.1 Å². The monoisotopic (exact) mass is 417 g/mol. The third-order valence-electron chi connectivity index (χ3n) is 4.69. The second-order valence-electron chi connectivity index (χ2n) is 6.24. The van der Waals surface area contributed by atoms with Crippen LogP contribution in [0.1, 0.15) is 24.4 Å². The molecular formula is C17H16BrN5OS. The standard InChI is InChI=1S/C17H16BrN5OS/c1-21-5-6-23(17(21)24)12-3-2-4-22(10-12)16-13-7-14(18)25-15(13)11(8-19)9-20-16/h5-7,9,12H,2-4,10H2,1H3/t12-/m1/s1. The summed E-state index contributed by atoms with van der Waals surface area (Å²) in [5.74, 6) is 0.893. The molecule has 128 valence electrons. The summed E-state index contributed by atoms with van der Waals surface area (Å²) in [7, 11) is 1.77. The van der Waals surface area contributed by atoms with E-state index >= 15 is 0 Å². The first kappa shape index (κ1) is 16.4. The van der Waals surface area contributed by atoms with Crippen LogP contribution in [0.25, 0.3) is 10.1 Å². The van der Waals surface area contributed by atoms with E-state index in [1.165, 1.54) is 0 Å². The Morgan fingerprint density at radius 2 is 2.28 bits per heavy atom. The van der Waals surface area contributed by atoms with Crippen LogP contribution in [-0.2, 0) is 7.05 Å². The first-order valence-corrected chi connectivity index (χ1v) is 9.66. The fourth-order valence-electron chi connectivity index (χ4n) is 3.45. The van der Waals surface area contributed by atoms with Gasteiger partial charge in [-0.15, -0.1) is 11.3 Å². The van der Waals surface area contributed by atoms with Crippen LogP contribution in [0.15, 0.2) is 33.2 Å². The van der Waals surface area contributed by atoms with Crippen LogP contribution in [0.3, 0.4) is 0 Å². The van der Waals surface area contributed by atoms with Crippen molar-refractivity contribution in [2.75, 3.05) is 18.0 Å². The van der Waals surface area contributed by atoms with Crippen molar-refractivity contribution in [1.29, 1.82) is 5.26 Å². The molecule has 0 N–H and O–H groups in total. The molecule has 3 aromatic heterocycles. The second-order valence-corrected chi connectivity index (χ2v) is 8.67. The number of piperidine rings is 1. The average molecular weight is 418 g/mol. The maximum Gasteiger partial charge on any atom is 0.328 e. The number of aromatic nitrogens is 3. The summed E-state index contributed by atoms with van der Waals surface area (Å²) in [6.07, 6.45) is 7.29. The van der Waals surface area contributed by atoms with Crippen LogP contribution in [0.4, 0.5) is 5.82 Å². The molecule has 0 spiro atoms. The number of hydrogen-bond donors (Lipinski definition) is 0. The third kappa shape index (κ3) is 2.77. The first-order valence-electron chi connectivity index (χ1n) is 8.05. The van der Waals surface area contributed by atoms with Crippen molar-refractivity contribution in [2.24, 2.45) is 7.05 Å². The number of anilines is 1. The van der Waals surface area contributed by atoms with Gasteiger partial charge in [-0.05, 0) is 34.8 Å². The summed E-state index contributed by atoms with van der Waals surface area (Å²) < 4.78 is 5.36. The van der Waals surface area contributed by atoms with E-state index < -0.39 is 0 Å². The molecule has 25 heavy (non-hydrogen) atoms. The van der Waals surface area contributed by atoms with Crippen molar-refractivity contribution in [3.8, 4) is 6.07 Å². The molecule has 4 rings (SSSR count). The van der Waals surface area contributed by atoms with Gasteiger partial charge in [0.1, 0.15) is 11.9 Å². The molecule has 3 aromatic rings. The van der Waals surface area contributed by atoms with Crippen molar-refractivity contribution >= 4 is 43.2 Å². The van der Waals surface area contributed by atoms with Gasteiger partial charge in [-0.1, -0.05) is 0 Å². The van der Waals surface area contributed by atoms with Gasteiger partial charge in [-0.25, -0.2) is 9.78 Å². The normalized spacial score (nSPS) is 17.8. The van der Waals surface area contributed by atoms with Crippen molar-refractivity contribution in [3.63, 3.8) is 0 Å². The van der Waals surface area contributed by atoms with Crippen LogP contribution in [-0.4, -0.2) is 27.2 Å². The lowest BCUT2D eigenvalue weighted by Gasteiger charge is -2.34. The minimum atomic E-state index is 0.0167. The summed E-state index contributed by atoms with van der Waals surface area (Å²) in [5.41, 5.74) is 0.616. The van der Waals surface area contributed by atoms with Crippen molar-refractivity contribution in [1.82, 2.24) is 14.1 Å². The van der Waals surface area contributed by atoms with E-state index in [2.05, 4.69) is 31.9 Å². The highest BCUT2D eigenvalue weighted by Gasteiger charge is 2.25. The van der Waals surface area contributed by atoms with Gasteiger partial charge in [0.15, 0.2) is 0 Å². The Labute approximate surface area is 157 Å². The highest BCUT2D eigenvalue weighted by molar-refractivity contribution is 9.11. The van der Waals surface area contributed by atoms with Gasteiger partial charge in [-0.3, -0.25) is 4.57 Å². The number of nitrogens with zero attached hydrogens (tertiary/aromatic N) is 5. The zero-order chi connectivity index (χ0) is 17.6. The quantitative estimate of drug-likeness (QED) is 0.641. The van der Waals surface area contributed by atoms with Crippen LogP contribution in [0.2, 0.25) is 0 Å². The molecule has 1 saturated heterocycles. The largest absolute Gasteiger partial charge is 0.354 e. The zero-order valence-corrected chi connectivity index (χ0v) is 16.0. The highest BCUT2D eigenvalue weighted by atomic mass is 79.9. The Hall–Kier alpha value is -2.11. The smallest absolute Gasteiger partial charge is 0.328 e. The molecule has 0 unspecified atom stereocenters. The number of thiophene rings is 1. The fourth-order valence-corrected chi connectivity index (χ4v) is 5.00. The van der Waals surface area contributed by atoms with Gasteiger partial charge in [0.05, 0.1) is 20.1 Å². The number of nitriles is 1. The molecule has 1 atom stereocenters. The van der Waals surface area contributed by atoms with Gasteiger partial charge in [-0.2, -0.15) is 5.26 Å². The Bertz CT molecular complexity index is 1040. The molecule has 4 heterocycles. The number of aryl methyl sites for hydroxylation is 1. The molecule has 0 saturated carbocycles. The third-order valence-corrected chi connectivity index (χ3v) is 6.36. The molecular weight excluding hydrogens is 402 g/mol. The maximum absolute atomic E-state index is 12.3. The lowest BCUT2D eigenvalue weighted by atomic mass is 10.0. The van der Waals surface area contributed by atoms with Gasteiger partial charge in [0.2, 0.25) is 0 Å². The second kappa shape index (κ2) is 6.32. The van der Waals surface area contributed by atoms with Crippen LogP contribution < -0.4 is 10.6 Å². The lowest BCUT2D eigenvalue weighted by molar-refractivity contribution is 0.393. The number of imidazole rings is 1. The average Bonchev–Trinajstić information content (AvgIpc) is 3.16. The molecule has 0 amide bonds. The molecule has 8 heteroatoms. The van der Waals surface area contributed by atoms with E-state index in [4.69, 9.17) is 0 Å². The number of fused-ring (bicyclic) bond motifs is 1. The van der Waals surface area contributed by atoms with Crippen molar-refractivity contribution in [3.05, 3.63) is 44.5 Å². The summed E-state index contributed by atoms with van der Waals surface area (Å²) in [5, 5.41) is 10.3. The zero-order valence-electron chi connectivity index (χ0n) is 13.6. The molecule has 0 aliphatic carbocycles. The predicted octanol–water partition coefficient (Wildman–Crippen LogP) is 3.27. The molecule has 1 aliphatic rings. The topological polar surface area (TPSA) is 66.8 Å². The van der Waals surface area contributed by atoms with E-state index in [1.807, 2.05) is 16.8 Å². The molecule has 1 aliphatic heterocycles. The molecule has 1 fully saturated rings. The van der Waals surface area contributed by atoms with Gasteiger partial charge in [0.25, 0.3) is 0 Å². The fraction of sp³-hybridized carbons (Fsp3) is 0.353. The van der Waals surface area contributed by atoms with Gasteiger partial charge < -0.3 is 9.47 Å². The van der Waals surface area contributed by atoms with Crippen LogP contribution >= 0.6 is 27.3 Å². The minimum absolute atomic E-state index is 0.0167.